The van der Waals surface area contributed by atoms with Crippen molar-refractivity contribution < 1.29 is 9.53 Å². The van der Waals surface area contributed by atoms with Crippen molar-refractivity contribution in [3.8, 4) is 0 Å². The number of nitrogen functional groups attached to an aromatic ring is 1. The predicted octanol–water partition coefficient (Wildman–Crippen LogP) is 3.16. The Hall–Kier alpha value is -0.910. The largest absolute Gasteiger partial charge is 0.399 e. The molecule has 110 valence electrons. The molecule has 0 aromatic heterocycles. The van der Waals surface area contributed by atoms with E-state index in [1.54, 1.807) is 30.0 Å². The summed E-state index contributed by atoms with van der Waals surface area (Å²) in [6.07, 6.45) is 2.01. The first kappa shape index (κ1) is 15.5. The average Bonchev–Trinajstić information content (AvgIpc) is 2.43. The van der Waals surface area contributed by atoms with Gasteiger partial charge in [0.15, 0.2) is 0 Å². The maximum absolute atomic E-state index is 12.2. The fourth-order valence-corrected chi connectivity index (χ4v) is 3.49. The van der Waals surface area contributed by atoms with E-state index in [1.807, 2.05) is 6.92 Å². The summed E-state index contributed by atoms with van der Waals surface area (Å²) in [6, 6.07) is 5.08. The van der Waals surface area contributed by atoms with Crippen LogP contribution in [0.15, 0.2) is 18.2 Å². The van der Waals surface area contributed by atoms with Crippen LogP contribution in [0.25, 0.3) is 0 Å². The Bertz CT molecular complexity index is 478. The number of amides is 1. The summed E-state index contributed by atoms with van der Waals surface area (Å²) in [5.41, 5.74) is 6.81. The Morgan fingerprint density at radius 2 is 2.20 bits per heavy atom. The minimum Gasteiger partial charge on any atom is -0.399 e. The average molecular weight is 315 g/mol. The van der Waals surface area contributed by atoms with E-state index in [2.05, 4.69) is 5.32 Å². The first-order valence-electron chi connectivity index (χ1n) is 6.65. The van der Waals surface area contributed by atoms with E-state index in [1.165, 1.54) is 0 Å². The van der Waals surface area contributed by atoms with Crippen molar-refractivity contribution in [2.24, 2.45) is 0 Å². The lowest BCUT2D eigenvalue weighted by Crippen LogP contribution is -2.27. The molecule has 1 aliphatic rings. The third-order valence-electron chi connectivity index (χ3n) is 3.19. The van der Waals surface area contributed by atoms with Crippen molar-refractivity contribution >= 4 is 40.6 Å². The van der Waals surface area contributed by atoms with Crippen LogP contribution in [0, 0.1) is 0 Å². The van der Waals surface area contributed by atoms with Crippen LogP contribution in [0.4, 0.5) is 11.4 Å². The summed E-state index contributed by atoms with van der Waals surface area (Å²) < 4.78 is 5.32. The number of halogens is 1. The lowest BCUT2D eigenvalue weighted by atomic mass is 10.2. The molecule has 1 aromatic carbocycles. The number of nitrogens with two attached hydrogens (primary N) is 1. The molecule has 0 bridgehead atoms. The van der Waals surface area contributed by atoms with Gasteiger partial charge in [-0.2, -0.15) is 0 Å². The van der Waals surface area contributed by atoms with Gasteiger partial charge < -0.3 is 15.8 Å². The monoisotopic (exact) mass is 314 g/mol. The predicted molar refractivity (Wildman–Crippen MR) is 85.4 cm³/mol. The van der Waals surface area contributed by atoms with Gasteiger partial charge in [0.25, 0.3) is 0 Å². The van der Waals surface area contributed by atoms with Crippen LogP contribution in [0.1, 0.15) is 19.8 Å². The van der Waals surface area contributed by atoms with E-state index in [4.69, 9.17) is 22.1 Å². The van der Waals surface area contributed by atoms with Gasteiger partial charge in [0.1, 0.15) is 0 Å². The Kier molecular flexibility index (Phi) is 5.57. The smallest absolute Gasteiger partial charge is 0.237 e. The molecule has 1 amide bonds. The zero-order valence-corrected chi connectivity index (χ0v) is 13.0. The molecule has 0 radical (unpaired) electrons. The van der Waals surface area contributed by atoms with Crippen LogP contribution in [0.2, 0.25) is 5.02 Å². The lowest BCUT2D eigenvalue weighted by Gasteiger charge is -2.24. The normalized spacial score (nSPS) is 17.7. The molecule has 6 heteroatoms. The second-order valence-corrected chi connectivity index (χ2v) is 6.87. The first-order chi connectivity index (χ1) is 9.56. The Morgan fingerprint density at radius 3 is 2.85 bits per heavy atom. The van der Waals surface area contributed by atoms with Crippen molar-refractivity contribution in [1.82, 2.24) is 0 Å². The highest BCUT2D eigenvalue weighted by molar-refractivity contribution is 8.01. The summed E-state index contributed by atoms with van der Waals surface area (Å²) in [5, 5.41) is 3.68. The SMILES string of the molecule is CC(SC1CCOCC1)C(=O)Nc1ccc(N)cc1Cl. The van der Waals surface area contributed by atoms with Crippen LogP contribution < -0.4 is 11.1 Å². The van der Waals surface area contributed by atoms with Crippen LogP contribution >= 0.6 is 23.4 Å². The molecule has 0 spiro atoms. The molecule has 3 N–H and O–H groups in total. The van der Waals surface area contributed by atoms with Crippen LogP contribution in [0.3, 0.4) is 0 Å². The number of hydrogen-bond acceptors (Lipinski definition) is 4. The third-order valence-corrected chi connectivity index (χ3v) is 4.98. The summed E-state index contributed by atoms with van der Waals surface area (Å²) in [6.45, 7) is 3.49. The van der Waals surface area contributed by atoms with E-state index < -0.39 is 0 Å². The fourth-order valence-electron chi connectivity index (χ4n) is 2.03. The van der Waals surface area contributed by atoms with Gasteiger partial charge in [-0.1, -0.05) is 11.6 Å². The molecule has 1 heterocycles. The minimum atomic E-state index is -0.119. The van der Waals surface area contributed by atoms with Gasteiger partial charge in [-0.15, -0.1) is 11.8 Å². The topological polar surface area (TPSA) is 64.3 Å². The zero-order valence-electron chi connectivity index (χ0n) is 11.4. The van der Waals surface area contributed by atoms with Crippen molar-refractivity contribution in [3.05, 3.63) is 23.2 Å². The summed E-state index contributed by atoms with van der Waals surface area (Å²) >= 11 is 7.75. The molecule has 1 unspecified atom stereocenters. The molecule has 0 saturated carbocycles. The molecular formula is C14H19ClN2O2S. The van der Waals surface area contributed by atoms with Crippen LogP contribution in [0.5, 0.6) is 0 Å². The van der Waals surface area contributed by atoms with Crippen molar-refractivity contribution in [1.29, 1.82) is 0 Å². The second-order valence-electron chi connectivity index (χ2n) is 4.82. The van der Waals surface area contributed by atoms with E-state index in [0.29, 0.717) is 21.6 Å². The molecule has 4 nitrogen and oxygen atoms in total. The molecule has 1 atom stereocenters. The highest BCUT2D eigenvalue weighted by Gasteiger charge is 2.22. The summed E-state index contributed by atoms with van der Waals surface area (Å²) in [4.78, 5) is 12.2. The van der Waals surface area contributed by atoms with Crippen LogP contribution in [-0.2, 0) is 9.53 Å². The van der Waals surface area contributed by atoms with Gasteiger partial charge in [0, 0.05) is 24.2 Å². The van der Waals surface area contributed by atoms with E-state index >= 15 is 0 Å². The van der Waals surface area contributed by atoms with Gasteiger partial charge >= 0.3 is 0 Å². The number of anilines is 2. The number of rotatable bonds is 4. The Morgan fingerprint density at radius 1 is 1.50 bits per heavy atom. The summed E-state index contributed by atoms with van der Waals surface area (Å²) in [5.74, 6) is -0.0341. The number of thioether (sulfide) groups is 1. The van der Waals surface area contributed by atoms with Crippen molar-refractivity contribution in [2.75, 3.05) is 24.3 Å². The molecule has 1 aliphatic heterocycles. The molecule has 2 rings (SSSR count). The molecule has 1 aromatic rings. The van der Waals surface area contributed by atoms with Gasteiger partial charge in [0.2, 0.25) is 5.91 Å². The summed E-state index contributed by atoms with van der Waals surface area (Å²) in [7, 11) is 0. The second kappa shape index (κ2) is 7.20. The molecule has 20 heavy (non-hydrogen) atoms. The number of benzene rings is 1. The van der Waals surface area contributed by atoms with E-state index in [-0.39, 0.29) is 11.2 Å². The highest BCUT2D eigenvalue weighted by Crippen LogP contribution is 2.28. The van der Waals surface area contributed by atoms with E-state index in [9.17, 15) is 4.79 Å². The van der Waals surface area contributed by atoms with Gasteiger partial charge in [-0.3, -0.25) is 4.79 Å². The maximum Gasteiger partial charge on any atom is 0.237 e. The number of hydrogen-bond donors (Lipinski definition) is 2. The Balaban J connectivity index is 1.89. The van der Waals surface area contributed by atoms with E-state index in [0.717, 1.165) is 26.1 Å². The minimum absolute atomic E-state index is 0.0341. The number of nitrogens with one attached hydrogen (secondary N) is 1. The molecule has 1 fully saturated rings. The highest BCUT2D eigenvalue weighted by atomic mass is 35.5. The van der Waals surface area contributed by atoms with Crippen molar-refractivity contribution in [3.63, 3.8) is 0 Å². The quantitative estimate of drug-likeness (QED) is 0.838. The van der Waals surface area contributed by atoms with Gasteiger partial charge in [-0.05, 0) is 38.0 Å². The lowest BCUT2D eigenvalue weighted by molar-refractivity contribution is -0.115. The van der Waals surface area contributed by atoms with Gasteiger partial charge in [-0.25, -0.2) is 0 Å². The van der Waals surface area contributed by atoms with Crippen molar-refractivity contribution in [2.45, 2.75) is 30.3 Å². The fraction of sp³-hybridized carbons (Fsp3) is 0.500. The number of carbonyl (C=O) groups is 1. The maximum atomic E-state index is 12.2. The Labute approximate surface area is 128 Å². The third kappa shape index (κ3) is 4.30. The number of ether oxygens (including phenoxy) is 1. The number of carbonyl (C=O) groups excluding carboxylic acids is 1. The molecule has 1 saturated heterocycles. The van der Waals surface area contributed by atoms with Gasteiger partial charge in [0.05, 0.1) is 16.0 Å². The van der Waals surface area contributed by atoms with Crippen LogP contribution in [-0.4, -0.2) is 29.6 Å². The standard InChI is InChI=1S/C14H19ClN2O2S/c1-9(20-11-4-6-19-7-5-11)14(18)17-13-3-2-10(16)8-12(13)15/h2-3,8-9,11H,4-7,16H2,1H3,(H,17,18). The molecular weight excluding hydrogens is 296 g/mol. The zero-order chi connectivity index (χ0) is 14.5. The first-order valence-corrected chi connectivity index (χ1v) is 7.97. The molecule has 0 aliphatic carbocycles.